The Labute approximate surface area is 169 Å². The molecule has 1 amide bonds. The molecule has 1 atom stereocenters. The van der Waals surface area contributed by atoms with Crippen molar-refractivity contribution in [2.24, 2.45) is 0 Å². The van der Waals surface area contributed by atoms with Gasteiger partial charge in [0, 0.05) is 15.3 Å². The second-order valence-corrected chi connectivity index (χ2v) is 7.40. The van der Waals surface area contributed by atoms with Crippen LogP contribution < -0.4 is 5.32 Å². The van der Waals surface area contributed by atoms with E-state index < -0.39 is 41.1 Å². The first-order valence-electron chi connectivity index (χ1n) is 8.33. The number of amides is 1. The van der Waals surface area contributed by atoms with Gasteiger partial charge in [-0.1, -0.05) is 0 Å². The molecule has 2 heterocycles. The third-order valence-electron chi connectivity index (χ3n) is 4.04. The van der Waals surface area contributed by atoms with Crippen LogP contribution in [0.4, 0.5) is 26.3 Å². The summed E-state index contributed by atoms with van der Waals surface area (Å²) in [7, 11) is 0. The van der Waals surface area contributed by atoms with Crippen LogP contribution in [0.3, 0.4) is 0 Å². The molecule has 0 saturated carbocycles. The van der Waals surface area contributed by atoms with Crippen molar-refractivity contribution in [3.63, 3.8) is 0 Å². The summed E-state index contributed by atoms with van der Waals surface area (Å²) >= 11 is 1.11. The first-order chi connectivity index (χ1) is 13.9. The second kappa shape index (κ2) is 8.15. The van der Waals surface area contributed by atoms with Crippen molar-refractivity contribution >= 4 is 17.2 Å². The van der Waals surface area contributed by atoms with Gasteiger partial charge in [0.1, 0.15) is 11.9 Å². The van der Waals surface area contributed by atoms with Crippen LogP contribution in [0.5, 0.6) is 0 Å². The van der Waals surface area contributed by atoms with Crippen LogP contribution in [0, 0.1) is 0 Å². The number of benzene rings is 1. The molecule has 0 aliphatic rings. The van der Waals surface area contributed by atoms with E-state index in [-0.39, 0.29) is 12.6 Å². The quantitative estimate of drug-likeness (QED) is 0.514. The normalized spacial score (nSPS) is 13.3. The summed E-state index contributed by atoms with van der Waals surface area (Å²) in [5.74, 6) is -0.788. The van der Waals surface area contributed by atoms with E-state index in [0.29, 0.717) is 27.6 Å². The minimum Gasteiger partial charge on any atom is -0.466 e. The summed E-state index contributed by atoms with van der Waals surface area (Å²) in [5, 5.41) is 12.5. The van der Waals surface area contributed by atoms with Crippen molar-refractivity contribution in [2.75, 3.05) is 0 Å². The van der Waals surface area contributed by atoms with E-state index in [9.17, 15) is 36.2 Å². The van der Waals surface area contributed by atoms with Gasteiger partial charge in [0.2, 0.25) is 0 Å². The minimum atomic E-state index is -5.04. The molecule has 160 valence electrons. The molecule has 2 N–H and O–H groups in total. The number of carbonyl (C=O) groups excluding carboxylic acids is 1. The molecule has 0 bridgehead atoms. The monoisotopic (exact) mass is 449 g/mol. The molecule has 3 rings (SSSR count). The highest BCUT2D eigenvalue weighted by Gasteiger charge is 2.37. The maximum atomic E-state index is 12.9. The standard InChI is InChI=1S/C19H13F6NO3S/c20-18(21,22)11-6-10(7-12(8-11)19(23,24)25)17(28)26-9-13-3-4-15(30-13)16(27)14-2-1-5-29-14/h1-8,16,27H,9H2,(H,26,28). The zero-order chi connectivity index (χ0) is 22.1. The van der Waals surface area contributed by atoms with E-state index in [1.807, 2.05) is 0 Å². The Morgan fingerprint density at radius 2 is 1.67 bits per heavy atom. The molecule has 1 unspecified atom stereocenters. The first kappa shape index (κ1) is 21.9. The van der Waals surface area contributed by atoms with Crippen molar-refractivity contribution in [3.8, 4) is 0 Å². The number of aliphatic hydroxyl groups is 1. The third kappa shape index (κ3) is 5.03. The maximum absolute atomic E-state index is 12.9. The summed E-state index contributed by atoms with van der Waals surface area (Å²) < 4.78 is 82.6. The summed E-state index contributed by atoms with van der Waals surface area (Å²) in [6, 6.07) is 6.99. The Hall–Kier alpha value is -2.79. The van der Waals surface area contributed by atoms with Crippen LogP contribution in [-0.4, -0.2) is 11.0 Å². The molecule has 0 spiro atoms. The van der Waals surface area contributed by atoms with Gasteiger partial charge in [0.05, 0.1) is 23.9 Å². The number of aliphatic hydroxyl groups excluding tert-OH is 1. The van der Waals surface area contributed by atoms with Gasteiger partial charge in [-0.3, -0.25) is 4.79 Å². The molecular formula is C19H13F6NO3S. The average molecular weight is 449 g/mol. The molecule has 0 fully saturated rings. The summed E-state index contributed by atoms with van der Waals surface area (Å²) in [5.41, 5.74) is -3.89. The lowest BCUT2D eigenvalue weighted by Gasteiger charge is -2.14. The van der Waals surface area contributed by atoms with Crippen LogP contribution in [-0.2, 0) is 18.9 Å². The molecule has 0 aliphatic heterocycles. The van der Waals surface area contributed by atoms with Crippen molar-refractivity contribution < 1.29 is 40.7 Å². The number of thiophene rings is 1. The third-order valence-corrected chi connectivity index (χ3v) is 5.18. The number of carbonyl (C=O) groups is 1. The first-order valence-corrected chi connectivity index (χ1v) is 9.14. The average Bonchev–Trinajstić information content (AvgIpc) is 3.36. The smallest absolute Gasteiger partial charge is 0.416 e. The van der Waals surface area contributed by atoms with Gasteiger partial charge in [-0.25, -0.2) is 0 Å². The molecule has 4 nitrogen and oxygen atoms in total. The fourth-order valence-corrected chi connectivity index (χ4v) is 3.53. The Bertz CT molecular complexity index is 992. The van der Waals surface area contributed by atoms with Crippen LogP contribution in [0.1, 0.15) is 43.1 Å². The molecule has 2 aromatic heterocycles. The fraction of sp³-hybridized carbons (Fsp3) is 0.211. The van der Waals surface area contributed by atoms with E-state index in [1.165, 1.54) is 6.26 Å². The van der Waals surface area contributed by atoms with E-state index in [4.69, 9.17) is 4.42 Å². The van der Waals surface area contributed by atoms with Gasteiger partial charge in [0.15, 0.2) is 0 Å². The lowest BCUT2D eigenvalue weighted by molar-refractivity contribution is -0.143. The van der Waals surface area contributed by atoms with Gasteiger partial charge in [-0.05, 0) is 42.5 Å². The zero-order valence-electron chi connectivity index (χ0n) is 14.8. The van der Waals surface area contributed by atoms with Crippen molar-refractivity contribution in [3.05, 3.63) is 80.9 Å². The van der Waals surface area contributed by atoms with Crippen LogP contribution in [0.25, 0.3) is 0 Å². The Morgan fingerprint density at radius 1 is 1.03 bits per heavy atom. The number of hydrogen-bond donors (Lipinski definition) is 2. The number of alkyl halides is 6. The lowest BCUT2D eigenvalue weighted by Crippen LogP contribution is -2.24. The molecule has 0 aliphatic carbocycles. The molecule has 0 saturated heterocycles. The number of rotatable bonds is 5. The van der Waals surface area contributed by atoms with Crippen molar-refractivity contribution in [2.45, 2.75) is 25.0 Å². The fourth-order valence-electron chi connectivity index (χ4n) is 2.58. The van der Waals surface area contributed by atoms with Gasteiger partial charge >= 0.3 is 12.4 Å². The molecule has 11 heteroatoms. The van der Waals surface area contributed by atoms with Gasteiger partial charge in [-0.2, -0.15) is 26.3 Å². The molecule has 1 aromatic carbocycles. The lowest BCUT2D eigenvalue weighted by atomic mass is 10.0. The topological polar surface area (TPSA) is 62.5 Å². The number of halogens is 6. The summed E-state index contributed by atoms with van der Waals surface area (Å²) in [6.07, 6.45) is -9.73. The van der Waals surface area contributed by atoms with E-state index in [0.717, 1.165) is 11.3 Å². The van der Waals surface area contributed by atoms with Crippen LogP contribution in [0.2, 0.25) is 0 Å². The van der Waals surface area contributed by atoms with Gasteiger partial charge in [-0.15, -0.1) is 11.3 Å². The molecule has 30 heavy (non-hydrogen) atoms. The molecule has 3 aromatic rings. The summed E-state index contributed by atoms with van der Waals surface area (Å²) in [6.45, 7) is -0.147. The predicted molar refractivity (Wildman–Crippen MR) is 94.7 cm³/mol. The zero-order valence-corrected chi connectivity index (χ0v) is 15.7. The van der Waals surface area contributed by atoms with Gasteiger partial charge < -0.3 is 14.8 Å². The molecule has 0 radical (unpaired) electrons. The van der Waals surface area contributed by atoms with E-state index in [1.54, 1.807) is 24.3 Å². The predicted octanol–water partition coefficient (Wildman–Crippen LogP) is 5.39. The SMILES string of the molecule is O=C(NCc1ccc(C(O)c2ccco2)s1)c1cc(C(F)(F)F)cc(C(F)(F)F)c1. The Balaban J connectivity index is 1.75. The largest absolute Gasteiger partial charge is 0.466 e. The van der Waals surface area contributed by atoms with Gasteiger partial charge in [0.25, 0.3) is 5.91 Å². The maximum Gasteiger partial charge on any atom is 0.416 e. The summed E-state index contributed by atoms with van der Waals surface area (Å²) in [4.78, 5) is 13.2. The highest BCUT2D eigenvalue weighted by atomic mass is 32.1. The number of furan rings is 1. The van der Waals surface area contributed by atoms with Crippen LogP contribution in [0.15, 0.2) is 53.1 Å². The molecular weight excluding hydrogens is 436 g/mol. The Morgan fingerprint density at radius 3 is 2.20 bits per heavy atom. The number of hydrogen-bond acceptors (Lipinski definition) is 4. The highest BCUT2D eigenvalue weighted by molar-refractivity contribution is 7.12. The van der Waals surface area contributed by atoms with E-state index in [2.05, 4.69) is 5.32 Å². The highest BCUT2D eigenvalue weighted by Crippen LogP contribution is 2.36. The second-order valence-electron chi connectivity index (χ2n) is 6.20. The van der Waals surface area contributed by atoms with E-state index >= 15 is 0 Å². The van der Waals surface area contributed by atoms with Crippen molar-refractivity contribution in [1.82, 2.24) is 5.32 Å². The van der Waals surface area contributed by atoms with Crippen molar-refractivity contribution in [1.29, 1.82) is 0 Å². The van der Waals surface area contributed by atoms with Crippen LogP contribution >= 0.6 is 11.3 Å². The Kier molecular flexibility index (Phi) is 5.95. The number of nitrogens with one attached hydrogen (secondary N) is 1. The minimum absolute atomic E-state index is 0.0433.